The third-order valence-corrected chi connectivity index (χ3v) is 4.37. The van der Waals surface area contributed by atoms with E-state index < -0.39 is 84.9 Å². The highest BCUT2D eigenvalue weighted by atomic mass is 16.4. The van der Waals surface area contributed by atoms with Crippen LogP contribution in [-0.4, -0.2) is 88.4 Å². The molecule has 4 atom stereocenters. The lowest BCUT2D eigenvalue weighted by Crippen LogP contribution is -2.58. The lowest BCUT2D eigenvalue weighted by atomic mass is 10.1. The number of carboxylic acids is 2. The van der Waals surface area contributed by atoms with Gasteiger partial charge in [-0.25, -0.2) is 4.79 Å². The zero-order valence-corrected chi connectivity index (χ0v) is 19.1. The van der Waals surface area contributed by atoms with Crippen LogP contribution < -0.4 is 44.6 Å². The summed E-state index contributed by atoms with van der Waals surface area (Å²) in [5, 5.41) is 24.3. The van der Waals surface area contributed by atoms with E-state index in [1.165, 1.54) is 0 Å². The summed E-state index contributed by atoms with van der Waals surface area (Å²) in [6, 6.07) is -6.43. The maximum Gasteiger partial charge on any atom is 0.326 e. The van der Waals surface area contributed by atoms with Crippen molar-refractivity contribution in [3.63, 3.8) is 0 Å². The van der Waals surface area contributed by atoms with E-state index in [1.54, 1.807) is 0 Å². The van der Waals surface area contributed by atoms with Crippen molar-refractivity contribution in [3.05, 3.63) is 0 Å². The van der Waals surface area contributed by atoms with E-state index in [1.807, 2.05) is 5.32 Å². The Hall–Kier alpha value is -4.48. The minimum Gasteiger partial charge on any atom is -0.481 e. The lowest BCUT2D eigenvalue weighted by Gasteiger charge is -2.24. The van der Waals surface area contributed by atoms with Crippen LogP contribution in [0.4, 0.5) is 0 Å². The Morgan fingerprint density at radius 2 is 1.14 bits per heavy atom. The number of aliphatic imine (C=N–C) groups is 1. The fourth-order valence-corrected chi connectivity index (χ4v) is 2.69. The number of nitrogens with zero attached hydrogens (tertiary/aromatic N) is 1. The van der Waals surface area contributed by atoms with Gasteiger partial charge in [0.15, 0.2) is 5.96 Å². The third kappa shape index (κ3) is 13.3. The number of hydrogen-bond donors (Lipinski definition) is 10. The normalized spacial score (nSPS) is 13.7. The van der Waals surface area contributed by atoms with Gasteiger partial charge in [-0.05, 0) is 12.8 Å². The smallest absolute Gasteiger partial charge is 0.326 e. The molecule has 0 rings (SSSR count). The molecule has 0 radical (unpaired) electrons. The standard InChI is InChI=1S/C18H31N9O9/c19-7(4-13(30)31)14(32)26-9(5-11(20)28)16(34)27-10(6-12(21)29)15(33)25-8(17(35)36)2-1-3-24-18(22)23/h7-10H,1-6,19H2,(H2,20,28)(H2,21,29)(H,25,33)(H,26,32)(H,27,34)(H,30,31)(H,35,36)(H4,22,23,24). The maximum atomic E-state index is 12.7. The Kier molecular flexibility index (Phi) is 13.5. The van der Waals surface area contributed by atoms with Gasteiger partial charge in [-0.2, -0.15) is 0 Å². The van der Waals surface area contributed by atoms with E-state index >= 15 is 0 Å². The average Bonchev–Trinajstić information content (AvgIpc) is 2.73. The van der Waals surface area contributed by atoms with Crippen LogP contribution in [0, 0.1) is 0 Å². The first-order chi connectivity index (χ1) is 16.6. The van der Waals surface area contributed by atoms with Gasteiger partial charge < -0.3 is 54.8 Å². The summed E-state index contributed by atoms with van der Waals surface area (Å²) >= 11 is 0. The van der Waals surface area contributed by atoms with Gasteiger partial charge in [0.2, 0.25) is 29.5 Å². The molecule has 0 fully saturated rings. The summed E-state index contributed by atoms with van der Waals surface area (Å²) in [5.41, 5.74) is 25.9. The molecule has 36 heavy (non-hydrogen) atoms. The number of primary amides is 2. The molecule has 0 bridgehead atoms. The number of guanidine groups is 1. The van der Waals surface area contributed by atoms with Crippen molar-refractivity contribution in [2.45, 2.75) is 56.3 Å². The van der Waals surface area contributed by atoms with Crippen molar-refractivity contribution in [1.82, 2.24) is 16.0 Å². The van der Waals surface area contributed by atoms with Gasteiger partial charge in [-0.3, -0.25) is 33.8 Å². The summed E-state index contributed by atoms with van der Waals surface area (Å²) in [7, 11) is 0. The van der Waals surface area contributed by atoms with Gasteiger partial charge >= 0.3 is 11.9 Å². The second-order valence-electron chi connectivity index (χ2n) is 7.52. The monoisotopic (exact) mass is 517 g/mol. The van der Waals surface area contributed by atoms with Gasteiger partial charge in [0.05, 0.1) is 25.3 Å². The van der Waals surface area contributed by atoms with Crippen molar-refractivity contribution >= 4 is 47.4 Å². The first kappa shape index (κ1) is 31.5. The van der Waals surface area contributed by atoms with Gasteiger partial charge in [-0.15, -0.1) is 0 Å². The largest absolute Gasteiger partial charge is 0.481 e. The second kappa shape index (κ2) is 15.4. The van der Waals surface area contributed by atoms with Crippen LogP contribution in [0.1, 0.15) is 32.1 Å². The zero-order chi connectivity index (χ0) is 28.0. The van der Waals surface area contributed by atoms with Crippen LogP contribution in [0.2, 0.25) is 0 Å². The van der Waals surface area contributed by atoms with Crippen LogP contribution in [0.15, 0.2) is 4.99 Å². The molecule has 0 aromatic heterocycles. The van der Waals surface area contributed by atoms with Crippen molar-refractivity contribution in [2.75, 3.05) is 6.54 Å². The molecule has 0 heterocycles. The predicted molar refractivity (Wildman–Crippen MR) is 121 cm³/mol. The molecule has 15 N–H and O–H groups in total. The Morgan fingerprint density at radius 1 is 0.694 bits per heavy atom. The highest BCUT2D eigenvalue weighted by Crippen LogP contribution is 2.03. The van der Waals surface area contributed by atoms with Crippen molar-refractivity contribution in [3.8, 4) is 0 Å². The topological polar surface area (TPSA) is 338 Å². The summed E-state index contributed by atoms with van der Waals surface area (Å²) in [5.74, 6) is -8.53. The van der Waals surface area contributed by atoms with Crippen LogP contribution >= 0.6 is 0 Å². The molecule has 4 unspecified atom stereocenters. The molecule has 0 saturated heterocycles. The van der Waals surface area contributed by atoms with Crippen LogP contribution in [0.3, 0.4) is 0 Å². The summed E-state index contributed by atoms with van der Waals surface area (Å²) in [6.45, 7) is 0.0714. The molecule has 0 aromatic carbocycles. The molecule has 18 heteroatoms. The fraction of sp³-hybridized carbons (Fsp3) is 0.556. The van der Waals surface area contributed by atoms with Gasteiger partial charge in [0, 0.05) is 6.54 Å². The Bertz CT molecular complexity index is 889. The number of amides is 5. The average molecular weight is 518 g/mol. The van der Waals surface area contributed by atoms with Gasteiger partial charge in [-0.1, -0.05) is 0 Å². The second-order valence-corrected chi connectivity index (χ2v) is 7.52. The SMILES string of the molecule is NC(=O)CC(NC(=O)C(N)CC(=O)O)C(=O)NC(CC(N)=O)C(=O)NC(CCCN=C(N)N)C(=O)O. The predicted octanol–water partition coefficient (Wildman–Crippen LogP) is -5.87. The summed E-state index contributed by atoms with van der Waals surface area (Å²) in [6.07, 6.45) is -2.29. The molecule has 202 valence electrons. The number of carboxylic acid groups (broad SMARTS) is 2. The molecule has 0 saturated carbocycles. The van der Waals surface area contributed by atoms with Gasteiger partial charge in [0.1, 0.15) is 18.1 Å². The Labute approximate surface area is 204 Å². The maximum absolute atomic E-state index is 12.7. The van der Waals surface area contributed by atoms with E-state index in [4.69, 9.17) is 33.8 Å². The Morgan fingerprint density at radius 3 is 1.53 bits per heavy atom. The van der Waals surface area contributed by atoms with Crippen LogP contribution in [0.5, 0.6) is 0 Å². The molecule has 5 amide bonds. The number of nitrogens with one attached hydrogen (secondary N) is 3. The molecular weight excluding hydrogens is 486 g/mol. The molecular formula is C18H31N9O9. The molecule has 0 aliphatic carbocycles. The molecule has 0 aliphatic rings. The number of rotatable bonds is 17. The first-order valence-corrected chi connectivity index (χ1v) is 10.4. The van der Waals surface area contributed by atoms with Crippen LogP contribution in [0.25, 0.3) is 0 Å². The number of hydrogen-bond acceptors (Lipinski definition) is 9. The highest BCUT2D eigenvalue weighted by Gasteiger charge is 2.32. The van der Waals surface area contributed by atoms with Crippen molar-refractivity contribution in [1.29, 1.82) is 0 Å². The number of aliphatic carboxylic acids is 2. The van der Waals surface area contributed by atoms with E-state index in [2.05, 4.69) is 15.6 Å². The van der Waals surface area contributed by atoms with E-state index in [9.17, 15) is 38.7 Å². The van der Waals surface area contributed by atoms with E-state index in [0.717, 1.165) is 0 Å². The van der Waals surface area contributed by atoms with E-state index in [-0.39, 0.29) is 25.3 Å². The van der Waals surface area contributed by atoms with Crippen LogP contribution in [-0.2, 0) is 33.6 Å². The number of carbonyl (C=O) groups is 7. The zero-order valence-electron chi connectivity index (χ0n) is 19.1. The highest BCUT2D eigenvalue weighted by molar-refractivity contribution is 5.98. The lowest BCUT2D eigenvalue weighted by molar-refractivity contribution is -0.142. The fourth-order valence-electron chi connectivity index (χ4n) is 2.69. The molecule has 0 aromatic rings. The Balaban J connectivity index is 5.52. The first-order valence-electron chi connectivity index (χ1n) is 10.4. The molecule has 0 aliphatic heterocycles. The minimum atomic E-state index is -1.70. The number of nitrogens with two attached hydrogens (primary N) is 5. The van der Waals surface area contributed by atoms with Crippen molar-refractivity contribution in [2.24, 2.45) is 33.7 Å². The number of carbonyl (C=O) groups excluding carboxylic acids is 5. The summed E-state index contributed by atoms with van der Waals surface area (Å²) < 4.78 is 0. The molecule has 0 spiro atoms. The van der Waals surface area contributed by atoms with Gasteiger partial charge in [0.25, 0.3) is 0 Å². The summed E-state index contributed by atoms with van der Waals surface area (Å²) in [4.78, 5) is 86.1. The van der Waals surface area contributed by atoms with E-state index in [0.29, 0.717) is 0 Å². The molecule has 18 nitrogen and oxygen atoms in total. The quantitative estimate of drug-likeness (QED) is 0.0489. The van der Waals surface area contributed by atoms with Crippen molar-refractivity contribution < 1.29 is 43.8 Å². The third-order valence-electron chi connectivity index (χ3n) is 4.37. The minimum absolute atomic E-state index is 0.0714.